The molecule has 1 heterocycles. The fourth-order valence-corrected chi connectivity index (χ4v) is 3.33. The largest absolute Gasteiger partial charge is 0.491 e. The Morgan fingerprint density at radius 2 is 1.92 bits per heavy atom. The standard InChI is InChI=1S/C20H19ClN2O2S/c1-12(2)25-16-8-5-14(6-9-16)10-18-19(24)23-20(26-18)22-15-7-4-13(3)17(21)11-15/h4-12H,1-3H3,(H,22,23,24)/b18-10-. The Balaban J connectivity index is 1.75. The molecule has 134 valence electrons. The van der Waals surface area contributed by atoms with E-state index < -0.39 is 0 Å². The Morgan fingerprint density at radius 1 is 1.19 bits per heavy atom. The van der Waals surface area contributed by atoms with Crippen molar-refractivity contribution in [2.75, 3.05) is 0 Å². The average molecular weight is 387 g/mol. The summed E-state index contributed by atoms with van der Waals surface area (Å²) in [6.45, 7) is 5.90. The van der Waals surface area contributed by atoms with E-state index in [1.807, 2.05) is 63.2 Å². The molecule has 0 saturated carbocycles. The van der Waals surface area contributed by atoms with E-state index in [2.05, 4.69) is 10.3 Å². The van der Waals surface area contributed by atoms with Crippen molar-refractivity contribution in [1.82, 2.24) is 5.32 Å². The van der Waals surface area contributed by atoms with E-state index in [1.54, 1.807) is 6.07 Å². The summed E-state index contributed by atoms with van der Waals surface area (Å²) in [5, 5.41) is 3.98. The minimum Gasteiger partial charge on any atom is -0.491 e. The van der Waals surface area contributed by atoms with Crippen LogP contribution in [-0.2, 0) is 4.79 Å². The molecule has 6 heteroatoms. The molecule has 4 nitrogen and oxygen atoms in total. The van der Waals surface area contributed by atoms with Gasteiger partial charge >= 0.3 is 0 Å². The highest BCUT2D eigenvalue weighted by molar-refractivity contribution is 8.18. The maximum absolute atomic E-state index is 12.2. The molecule has 0 atom stereocenters. The smallest absolute Gasteiger partial charge is 0.264 e. The van der Waals surface area contributed by atoms with Crippen LogP contribution >= 0.6 is 23.4 Å². The number of carbonyl (C=O) groups is 1. The summed E-state index contributed by atoms with van der Waals surface area (Å²) in [5.41, 5.74) is 2.63. The van der Waals surface area contributed by atoms with Crippen molar-refractivity contribution < 1.29 is 9.53 Å². The Bertz CT molecular complexity index is 889. The van der Waals surface area contributed by atoms with Gasteiger partial charge in [0.2, 0.25) is 0 Å². The number of halogens is 1. The van der Waals surface area contributed by atoms with Crippen LogP contribution in [0.2, 0.25) is 5.02 Å². The number of amides is 1. The number of aliphatic imine (C=N–C) groups is 1. The Morgan fingerprint density at radius 3 is 2.58 bits per heavy atom. The topological polar surface area (TPSA) is 50.7 Å². The quantitative estimate of drug-likeness (QED) is 0.723. The lowest BCUT2D eigenvalue weighted by molar-refractivity contribution is -0.115. The normalized spacial score (nSPS) is 17.2. The van der Waals surface area contributed by atoms with Crippen LogP contribution in [0.1, 0.15) is 25.0 Å². The number of aryl methyl sites for hydroxylation is 1. The molecule has 0 spiro atoms. The van der Waals surface area contributed by atoms with Crippen molar-refractivity contribution in [2.24, 2.45) is 4.99 Å². The van der Waals surface area contributed by atoms with Gasteiger partial charge in [-0.2, -0.15) is 0 Å². The maximum atomic E-state index is 12.2. The van der Waals surface area contributed by atoms with E-state index in [9.17, 15) is 4.79 Å². The second-order valence-electron chi connectivity index (χ2n) is 6.15. The van der Waals surface area contributed by atoms with E-state index in [0.29, 0.717) is 20.8 Å². The van der Waals surface area contributed by atoms with Crippen LogP contribution < -0.4 is 10.1 Å². The monoisotopic (exact) mass is 386 g/mol. The molecule has 1 N–H and O–H groups in total. The van der Waals surface area contributed by atoms with E-state index in [0.717, 1.165) is 16.9 Å². The van der Waals surface area contributed by atoms with Gasteiger partial charge in [0.1, 0.15) is 5.75 Å². The van der Waals surface area contributed by atoms with Crippen molar-refractivity contribution in [3.05, 3.63) is 63.5 Å². The summed E-state index contributed by atoms with van der Waals surface area (Å²) in [4.78, 5) is 17.2. The summed E-state index contributed by atoms with van der Waals surface area (Å²) in [5.74, 6) is 0.652. The lowest BCUT2D eigenvalue weighted by Crippen LogP contribution is -2.19. The zero-order valence-electron chi connectivity index (χ0n) is 14.7. The highest BCUT2D eigenvalue weighted by atomic mass is 35.5. The Labute approximate surface area is 162 Å². The molecule has 1 aliphatic rings. The molecule has 1 aliphatic heterocycles. The van der Waals surface area contributed by atoms with Crippen LogP contribution in [-0.4, -0.2) is 17.2 Å². The van der Waals surface area contributed by atoms with Crippen molar-refractivity contribution in [1.29, 1.82) is 0 Å². The third-order valence-electron chi connectivity index (χ3n) is 3.59. The predicted molar refractivity (Wildman–Crippen MR) is 109 cm³/mol. The van der Waals surface area contributed by atoms with Crippen molar-refractivity contribution in [3.8, 4) is 5.75 Å². The molecule has 2 aromatic carbocycles. The second-order valence-corrected chi connectivity index (χ2v) is 7.59. The lowest BCUT2D eigenvalue weighted by atomic mass is 10.2. The van der Waals surface area contributed by atoms with Crippen LogP contribution in [0.5, 0.6) is 5.75 Å². The van der Waals surface area contributed by atoms with Gasteiger partial charge in [-0.1, -0.05) is 29.8 Å². The summed E-state index contributed by atoms with van der Waals surface area (Å²) in [6.07, 6.45) is 1.97. The molecule has 0 aliphatic carbocycles. The van der Waals surface area contributed by atoms with Gasteiger partial charge in [-0.05, 0) is 74.0 Å². The van der Waals surface area contributed by atoms with Crippen molar-refractivity contribution in [2.45, 2.75) is 26.9 Å². The van der Waals surface area contributed by atoms with Crippen LogP contribution in [0, 0.1) is 6.92 Å². The van der Waals surface area contributed by atoms with Gasteiger partial charge in [0, 0.05) is 5.02 Å². The van der Waals surface area contributed by atoms with E-state index >= 15 is 0 Å². The van der Waals surface area contributed by atoms with E-state index in [-0.39, 0.29) is 12.0 Å². The van der Waals surface area contributed by atoms with Gasteiger partial charge < -0.3 is 10.1 Å². The molecule has 1 amide bonds. The fourth-order valence-electron chi connectivity index (χ4n) is 2.32. The highest BCUT2D eigenvalue weighted by Crippen LogP contribution is 2.29. The number of hydrogen-bond donors (Lipinski definition) is 1. The molecular formula is C20H19ClN2O2S. The van der Waals surface area contributed by atoms with Gasteiger partial charge in [-0.3, -0.25) is 4.79 Å². The van der Waals surface area contributed by atoms with Gasteiger partial charge in [0.05, 0.1) is 16.7 Å². The molecule has 1 saturated heterocycles. The predicted octanol–water partition coefficient (Wildman–Crippen LogP) is 5.33. The third-order valence-corrected chi connectivity index (χ3v) is 4.90. The van der Waals surface area contributed by atoms with Gasteiger partial charge in [-0.15, -0.1) is 0 Å². The van der Waals surface area contributed by atoms with Gasteiger partial charge in [0.15, 0.2) is 5.17 Å². The average Bonchev–Trinajstić information content (AvgIpc) is 2.92. The number of carbonyl (C=O) groups excluding carboxylic acids is 1. The maximum Gasteiger partial charge on any atom is 0.264 e. The first-order chi connectivity index (χ1) is 12.4. The van der Waals surface area contributed by atoms with E-state index in [1.165, 1.54) is 11.8 Å². The number of thioether (sulfide) groups is 1. The van der Waals surface area contributed by atoms with Crippen LogP contribution in [0.3, 0.4) is 0 Å². The third kappa shape index (κ3) is 4.68. The Kier molecular flexibility index (Phi) is 5.69. The fraction of sp³-hybridized carbons (Fsp3) is 0.200. The van der Waals surface area contributed by atoms with Crippen molar-refractivity contribution >= 4 is 46.2 Å². The number of rotatable bonds is 4. The number of hydrogen-bond acceptors (Lipinski definition) is 4. The van der Waals surface area contributed by atoms with Crippen LogP contribution in [0.25, 0.3) is 6.08 Å². The molecule has 0 radical (unpaired) electrons. The molecule has 2 aromatic rings. The van der Waals surface area contributed by atoms with Crippen LogP contribution in [0.15, 0.2) is 52.4 Å². The second kappa shape index (κ2) is 7.98. The van der Waals surface area contributed by atoms with Crippen molar-refractivity contribution in [3.63, 3.8) is 0 Å². The minimum atomic E-state index is -0.158. The molecule has 26 heavy (non-hydrogen) atoms. The summed E-state index contributed by atoms with van der Waals surface area (Å²) < 4.78 is 5.63. The molecule has 3 rings (SSSR count). The van der Waals surface area contributed by atoms with Gasteiger partial charge in [-0.25, -0.2) is 4.99 Å². The first kappa shape index (κ1) is 18.5. The van der Waals surface area contributed by atoms with Crippen LogP contribution in [0.4, 0.5) is 5.69 Å². The molecule has 0 bridgehead atoms. The molecule has 1 fully saturated rings. The summed E-state index contributed by atoms with van der Waals surface area (Å²) in [7, 11) is 0. The number of nitrogens with zero attached hydrogens (tertiary/aromatic N) is 1. The zero-order chi connectivity index (χ0) is 18.7. The molecule has 0 unspecified atom stereocenters. The first-order valence-corrected chi connectivity index (χ1v) is 9.42. The number of nitrogens with one attached hydrogen (secondary N) is 1. The summed E-state index contributed by atoms with van der Waals surface area (Å²) in [6, 6.07) is 13.2. The molecular weight excluding hydrogens is 368 g/mol. The number of ether oxygens (including phenoxy) is 1. The number of amidine groups is 1. The summed E-state index contributed by atoms with van der Waals surface area (Å²) >= 11 is 7.43. The first-order valence-electron chi connectivity index (χ1n) is 8.23. The van der Waals surface area contributed by atoms with E-state index in [4.69, 9.17) is 16.3 Å². The number of benzene rings is 2. The zero-order valence-corrected chi connectivity index (χ0v) is 16.3. The van der Waals surface area contributed by atoms with Gasteiger partial charge in [0.25, 0.3) is 5.91 Å². The SMILES string of the molecule is Cc1ccc(N=C2NC(=O)/C(=C/c3ccc(OC(C)C)cc3)S2)cc1Cl. The highest BCUT2D eigenvalue weighted by Gasteiger charge is 2.23. The Hall–Kier alpha value is -2.24. The molecule has 0 aromatic heterocycles. The lowest BCUT2D eigenvalue weighted by Gasteiger charge is -2.09. The minimum absolute atomic E-state index is 0.129.